The minimum Gasteiger partial charge on any atom is -0.103 e. The average molecular weight is 196 g/mol. The van der Waals surface area contributed by atoms with Gasteiger partial charge in [-0.15, -0.1) is 6.58 Å². The Bertz CT molecular complexity index is 155. The molecule has 0 amide bonds. The summed E-state index contributed by atoms with van der Waals surface area (Å²) in [6, 6.07) is 0. The molecule has 1 saturated carbocycles. The van der Waals surface area contributed by atoms with Crippen LogP contribution in [0.4, 0.5) is 0 Å². The minimum absolute atomic E-state index is 0.609. The van der Waals surface area contributed by atoms with Gasteiger partial charge < -0.3 is 0 Å². The molecule has 2 atom stereocenters. The highest BCUT2D eigenvalue weighted by Gasteiger charge is 2.32. The Labute approximate surface area is 90.8 Å². The summed E-state index contributed by atoms with van der Waals surface area (Å²) in [5.74, 6) is 1.87. The summed E-state index contributed by atoms with van der Waals surface area (Å²) in [5.41, 5.74) is 0.609. The van der Waals surface area contributed by atoms with E-state index in [9.17, 15) is 0 Å². The topological polar surface area (TPSA) is 0 Å². The zero-order valence-electron chi connectivity index (χ0n) is 10.8. The molecule has 0 bridgehead atoms. The standard InChI is InChI=1S/C10H20.C4H8/c1-8-6-5-7-10(3,4)9(8)2;1-3-4-2/h8-9H,5-7H2,1-4H3;3H,1,4H2,2H3. The first kappa shape index (κ1) is 13.7. The zero-order valence-corrected chi connectivity index (χ0v) is 10.8. The lowest BCUT2D eigenvalue weighted by molar-refractivity contribution is 0.0996. The molecule has 1 rings (SSSR count). The van der Waals surface area contributed by atoms with E-state index in [1.165, 1.54) is 19.3 Å². The van der Waals surface area contributed by atoms with Gasteiger partial charge in [0, 0.05) is 0 Å². The van der Waals surface area contributed by atoms with E-state index >= 15 is 0 Å². The molecule has 0 heterocycles. The molecule has 14 heavy (non-hydrogen) atoms. The van der Waals surface area contributed by atoms with Crippen LogP contribution in [0.1, 0.15) is 60.3 Å². The van der Waals surface area contributed by atoms with Crippen molar-refractivity contribution in [3.63, 3.8) is 0 Å². The van der Waals surface area contributed by atoms with E-state index in [2.05, 4.69) is 41.2 Å². The molecule has 0 aromatic rings. The Balaban J connectivity index is 0.000000364. The molecular formula is C14H28. The zero-order chi connectivity index (χ0) is 11.2. The summed E-state index contributed by atoms with van der Waals surface area (Å²) >= 11 is 0. The monoisotopic (exact) mass is 196 g/mol. The summed E-state index contributed by atoms with van der Waals surface area (Å²) in [5, 5.41) is 0. The van der Waals surface area contributed by atoms with Gasteiger partial charge in [-0.1, -0.05) is 53.5 Å². The van der Waals surface area contributed by atoms with Crippen molar-refractivity contribution in [2.75, 3.05) is 0 Å². The SMILES string of the molecule is C=CCC.CC1CCCC(C)(C)C1C. The molecule has 1 aliphatic rings. The second kappa shape index (κ2) is 6.27. The van der Waals surface area contributed by atoms with Crippen LogP contribution >= 0.6 is 0 Å². The van der Waals surface area contributed by atoms with Gasteiger partial charge in [-0.25, -0.2) is 0 Å². The minimum atomic E-state index is 0.609. The van der Waals surface area contributed by atoms with Crippen LogP contribution in [0.5, 0.6) is 0 Å². The van der Waals surface area contributed by atoms with Gasteiger partial charge >= 0.3 is 0 Å². The molecule has 0 N–H and O–H groups in total. The van der Waals surface area contributed by atoms with E-state index in [0.29, 0.717) is 5.41 Å². The Hall–Kier alpha value is -0.260. The Kier molecular flexibility index (Phi) is 6.15. The number of allylic oxidation sites excluding steroid dienone is 1. The van der Waals surface area contributed by atoms with E-state index < -0.39 is 0 Å². The average Bonchev–Trinajstić information content (AvgIpc) is 2.14. The van der Waals surface area contributed by atoms with E-state index in [1.54, 1.807) is 0 Å². The van der Waals surface area contributed by atoms with Crippen molar-refractivity contribution < 1.29 is 0 Å². The summed E-state index contributed by atoms with van der Waals surface area (Å²) in [6.07, 6.45) is 7.28. The molecule has 2 unspecified atom stereocenters. The van der Waals surface area contributed by atoms with E-state index in [-0.39, 0.29) is 0 Å². The smallest absolute Gasteiger partial charge is 0.0326 e. The molecule has 0 spiro atoms. The first-order chi connectivity index (χ1) is 6.45. The van der Waals surface area contributed by atoms with Crippen molar-refractivity contribution in [2.24, 2.45) is 17.3 Å². The Morgan fingerprint density at radius 1 is 1.36 bits per heavy atom. The quantitative estimate of drug-likeness (QED) is 0.515. The molecule has 0 nitrogen and oxygen atoms in total. The third-order valence-corrected chi connectivity index (χ3v) is 3.86. The van der Waals surface area contributed by atoms with Gasteiger partial charge in [0.1, 0.15) is 0 Å². The summed E-state index contributed by atoms with van der Waals surface area (Å²) in [7, 11) is 0. The van der Waals surface area contributed by atoms with Gasteiger partial charge in [0.2, 0.25) is 0 Å². The lowest BCUT2D eigenvalue weighted by Crippen LogP contribution is -2.31. The van der Waals surface area contributed by atoms with Crippen LogP contribution in [0.2, 0.25) is 0 Å². The lowest BCUT2D eigenvalue weighted by atomic mass is 9.65. The first-order valence-electron chi connectivity index (χ1n) is 6.06. The summed E-state index contributed by atoms with van der Waals surface area (Å²) in [4.78, 5) is 0. The van der Waals surface area contributed by atoms with Crippen molar-refractivity contribution in [3.8, 4) is 0 Å². The molecule has 0 aromatic heterocycles. The van der Waals surface area contributed by atoms with E-state index in [1.807, 2.05) is 6.08 Å². The van der Waals surface area contributed by atoms with Gasteiger partial charge in [-0.2, -0.15) is 0 Å². The Morgan fingerprint density at radius 3 is 2.14 bits per heavy atom. The molecule has 84 valence electrons. The number of hydrogen-bond acceptors (Lipinski definition) is 0. The maximum atomic E-state index is 3.48. The van der Waals surface area contributed by atoms with Crippen LogP contribution in [0.3, 0.4) is 0 Å². The molecule has 1 fully saturated rings. The lowest BCUT2D eigenvalue weighted by Gasteiger charge is -2.40. The maximum Gasteiger partial charge on any atom is -0.0326 e. The molecular weight excluding hydrogens is 168 g/mol. The van der Waals surface area contributed by atoms with Crippen LogP contribution in [-0.4, -0.2) is 0 Å². The summed E-state index contributed by atoms with van der Waals surface area (Å²) in [6.45, 7) is 15.2. The van der Waals surface area contributed by atoms with Crippen molar-refractivity contribution >= 4 is 0 Å². The van der Waals surface area contributed by atoms with E-state index in [4.69, 9.17) is 0 Å². The summed E-state index contributed by atoms with van der Waals surface area (Å²) < 4.78 is 0. The molecule has 1 aliphatic carbocycles. The first-order valence-corrected chi connectivity index (χ1v) is 6.06. The van der Waals surface area contributed by atoms with Crippen molar-refractivity contribution in [1.82, 2.24) is 0 Å². The van der Waals surface area contributed by atoms with Gasteiger partial charge in [0.15, 0.2) is 0 Å². The highest BCUT2D eigenvalue weighted by atomic mass is 14.4. The molecule has 0 aromatic carbocycles. The third-order valence-electron chi connectivity index (χ3n) is 3.86. The van der Waals surface area contributed by atoms with Crippen molar-refractivity contribution in [1.29, 1.82) is 0 Å². The van der Waals surface area contributed by atoms with Crippen molar-refractivity contribution in [3.05, 3.63) is 12.7 Å². The molecule has 0 radical (unpaired) electrons. The second-order valence-corrected chi connectivity index (χ2v) is 5.34. The number of rotatable bonds is 1. The molecule has 0 aliphatic heterocycles. The highest BCUT2D eigenvalue weighted by molar-refractivity contribution is 4.83. The normalized spacial score (nSPS) is 30.1. The second-order valence-electron chi connectivity index (χ2n) is 5.34. The third kappa shape index (κ3) is 4.30. The molecule has 0 heteroatoms. The highest BCUT2D eigenvalue weighted by Crippen LogP contribution is 2.43. The van der Waals surface area contributed by atoms with Gasteiger partial charge in [-0.05, 0) is 30.1 Å². The predicted octanol–water partition coefficient (Wildman–Crippen LogP) is 5.05. The van der Waals surface area contributed by atoms with Gasteiger partial charge in [0.05, 0.1) is 0 Å². The van der Waals surface area contributed by atoms with Crippen LogP contribution in [0.25, 0.3) is 0 Å². The van der Waals surface area contributed by atoms with Gasteiger partial charge in [-0.3, -0.25) is 0 Å². The van der Waals surface area contributed by atoms with Crippen LogP contribution in [0.15, 0.2) is 12.7 Å². The number of hydrogen-bond donors (Lipinski definition) is 0. The molecule has 0 saturated heterocycles. The fourth-order valence-corrected chi connectivity index (χ4v) is 2.13. The van der Waals surface area contributed by atoms with Gasteiger partial charge in [0.25, 0.3) is 0 Å². The van der Waals surface area contributed by atoms with Crippen LogP contribution in [0, 0.1) is 17.3 Å². The fourth-order valence-electron chi connectivity index (χ4n) is 2.13. The van der Waals surface area contributed by atoms with Crippen LogP contribution in [-0.2, 0) is 0 Å². The fraction of sp³-hybridized carbons (Fsp3) is 0.857. The maximum absolute atomic E-state index is 3.48. The van der Waals surface area contributed by atoms with E-state index in [0.717, 1.165) is 18.3 Å². The van der Waals surface area contributed by atoms with Crippen LogP contribution < -0.4 is 0 Å². The predicted molar refractivity (Wildman–Crippen MR) is 66.4 cm³/mol. The Morgan fingerprint density at radius 2 is 1.86 bits per heavy atom. The van der Waals surface area contributed by atoms with Crippen molar-refractivity contribution in [2.45, 2.75) is 60.3 Å². The largest absolute Gasteiger partial charge is 0.103 e.